The van der Waals surface area contributed by atoms with E-state index in [1.165, 1.54) is 0 Å². The third kappa shape index (κ3) is 4.64. The summed E-state index contributed by atoms with van der Waals surface area (Å²) < 4.78 is 8.54. The predicted octanol–water partition coefficient (Wildman–Crippen LogP) is 4.39. The van der Waals surface area contributed by atoms with Crippen LogP contribution in [-0.2, 0) is 0 Å². The molecule has 1 N–H and O–H groups in total. The number of unbranched alkanes of at least 4 members (excludes halogenated alkanes) is 1. The Kier molecular flexibility index (Phi) is 6.74. The van der Waals surface area contributed by atoms with E-state index in [1.807, 2.05) is 48.0 Å². The van der Waals surface area contributed by atoms with Gasteiger partial charge in [-0.25, -0.2) is 0 Å². The smallest absolute Gasteiger partial charge is 0.259 e. The molecule has 3 aromatic carbocycles. The first-order chi connectivity index (χ1) is 18.9. The summed E-state index contributed by atoms with van der Waals surface area (Å²) in [6.45, 7) is 4.64. The molecule has 0 saturated carbocycles. The molecule has 0 radical (unpaired) electrons. The summed E-state index contributed by atoms with van der Waals surface area (Å²) in [6.07, 6.45) is 3.84. The molecule has 0 spiro atoms. The van der Waals surface area contributed by atoms with E-state index in [0.29, 0.717) is 35.5 Å². The first-order valence-electron chi connectivity index (χ1n) is 13.7. The molecule has 1 saturated heterocycles. The highest BCUT2D eigenvalue weighted by atomic mass is 16.5. The summed E-state index contributed by atoms with van der Waals surface area (Å²) in [6, 6.07) is 15.9. The molecule has 1 amide bonds. The van der Waals surface area contributed by atoms with E-state index >= 15 is 0 Å². The Bertz CT molecular complexity index is 1620. The zero-order valence-electron chi connectivity index (χ0n) is 22.9. The van der Waals surface area contributed by atoms with Gasteiger partial charge >= 0.3 is 0 Å². The molecule has 4 aromatic rings. The van der Waals surface area contributed by atoms with E-state index in [4.69, 9.17) is 4.74 Å². The Hall–Kier alpha value is -3.88. The predicted molar refractivity (Wildman–Crippen MR) is 157 cm³/mol. The van der Waals surface area contributed by atoms with E-state index in [0.717, 1.165) is 61.2 Å². The van der Waals surface area contributed by atoms with Crippen LogP contribution in [0.2, 0.25) is 0 Å². The number of rotatable bonds is 7. The second-order valence-corrected chi connectivity index (χ2v) is 10.8. The number of carbonyl (C=O) groups is 1. The fourth-order valence-corrected chi connectivity index (χ4v) is 5.59. The average molecular weight is 526 g/mol. The van der Waals surface area contributed by atoms with Crippen molar-refractivity contribution >= 4 is 33.3 Å². The van der Waals surface area contributed by atoms with Crippen LogP contribution in [0.4, 0.5) is 5.69 Å². The van der Waals surface area contributed by atoms with Crippen LogP contribution in [0.15, 0.2) is 59.5 Å². The lowest BCUT2D eigenvalue weighted by molar-refractivity contribution is 0.0662. The van der Waals surface area contributed by atoms with Crippen LogP contribution in [0.1, 0.15) is 23.2 Å². The van der Waals surface area contributed by atoms with Gasteiger partial charge in [0.2, 0.25) is 5.43 Å². The molecule has 0 aliphatic carbocycles. The van der Waals surface area contributed by atoms with Crippen molar-refractivity contribution in [3.05, 3.63) is 70.5 Å². The minimum absolute atomic E-state index is 0.197. The zero-order chi connectivity index (χ0) is 27.1. The fraction of sp³-hybridized carbons (Fsp3) is 0.355. The summed E-state index contributed by atoms with van der Waals surface area (Å²) in [5.41, 5.74) is 2.33. The van der Waals surface area contributed by atoms with Gasteiger partial charge in [0.25, 0.3) is 5.91 Å². The van der Waals surface area contributed by atoms with E-state index in [-0.39, 0.29) is 16.9 Å². The number of aromatic nitrogens is 1. The van der Waals surface area contributed by atoms with Crippen LogP contribution in [0.25, 0.3) is 27.4 Å². The molecule has 0 atom stereocenters. The minimum atomic E-state index is -0.253. The van der Waals surface area contributed by atoms with Crippen LogP contribution in [0, 0.1) is 0 Å². The number of nitrogens with zero attached hydrogens (tertiary/aromatic N) is 4. The molecule has 6 rings (SSSR count). The Labute approximate surface area is 228 Å². The van der Waals surface area contributed by atoms with Crippen LogP contribution in [-0.4, -0.2) is 85.6 Å². The summed E-state index contributed by atoms with van der Waals surface area (Å²) in [5, 5.41) is 6.09. The molecular weight excluding hydrogens is 490 g/mol. The quantitative estimate of drug-likeness (QED) is 0.318. The van der Waals surface area contributed by atoms with Gasteiger partial charge < -0.3 is 29.3 Å². The van der Waals surface area contributed by atoms with Crippen molar-refractivity contribution in [1.82, 2.24) is 19.3 Å². The normalized spacial score (nSPS) is 15.0. The largest absolute Gasteiger partial charge is 0.451 e. The van der Waals surface area contributed by atoms with E-state index in [1.54, 1.807) is 11.1 Å². The van der Waals surface area contributed by atoms with E-state index in [9.17, 15) is 9.59 Å². The lowest BCUT2D eigenvalue weighted by Gasteiger charge is -2.33. The first kappa shape index (κ1) is 25.4. The molecule has 8 nitrogen and oxygen atoms in total. The topological polar surface area (TPSA) is 70.1 Å². The number of piperazine rings is 1. The molecule has 2 aliphatic rings. The van der Waals surface area contributed by atoms with Gasteiger partial charge in [-0.15, -0.1) is 0 Å². The van der Waals surface area contributed by atoms with Crippen molar-refractivity contribution in [2.24, 2.45) is 0 Å². The summed E-state index contributed by atoms with van der Waals surface area (Å²) >= 11 is 0. The van der Waals surface area contributed by atoms with Crippen molar-refractivity contribution in [1.29, 1.82) is 0 Å². The monoisotopic (exact) mass is 525 g/mol. The van der Waals surface area contributed by atoms with Crippen LogP contribution < -0.4 is 15.5 Å². The standard InChI is InChI=1S/C31H35N5O3/c1-33(2)15-7-6-14-32-25-12-11-23-28-30(25)39-26-13-10-21-8-4-5-9-22(21)27(26)36(28)20-24(29(23)37)31(38)35-18-16-34(3)17-19-35/h4-5,8-13,20,32H,6-7,14-19H2,1-3H3. The maximum absolute atomic E-state index is 13.8. The number of carbonyl (C=O) groups excluding carboxylic acids is 1. The highest BCUT2D eigenvalue weighted by molar-refractivity contribution is 6.03. The van der Waals surface area contributed by atoms with Gasteiger partial charge in [-0.3, -0.25) is 9.59 Å². The number of ether oxygens (including phenoxy) is 1. The van der Waals surface area contributed by atoms with Crippen LogP contribution in [0.5, 0.6) is 11.5 Å². The molecule has 202 valence electrons. The van der Waals surface area contributed by atoms with Gasteiger partial charge in [0.15, 0.2) is 11.5 Å². The number of fused-ring (bicyclic) bond motifs is 4. The molecule has 1 fully saturated rings. The highest BCUT2D eigenvalue weighted by Gasteiger charge is 2.29. The van der Waals surface area contributed by atoms with Crippen molar-refractivity contribution in [2.45, 2.75) is 12.8 Å². The molecule has 3 heterocycles. The third-order valence-corrected chi connectivity index (χ3v) is 7.80. The van der Waals surface area contributed by atoms with Gasteiger partial charge in [-0.05, 0) is 64.1 Å². The summed E-state index contributed by atoms with van der Waals surface area (Å²) in [4.78, 5) is 33.7. The second-order valence-electron chi connectivity index (χ2n) is 10.8. The molecular formula is C31H35N5O3. The van der Waals surface area contributed by atoms with Gasteiger partial charge in [-0.1, -0.05) is 30.3 Å². The molecule has 0 unspecified atom stereocenters. The fourth-order valence-electron chi connectivity index (χ4n) is 5.59. The second kappa shape index (κ2) is 10.4. The first-order valence-corrected chi connectivity index (χ1v) is 13.7. The number of hydrogen-bond acceptors (Lipinski definition) is 6. The maximum Gasteiger partial charge on any atom is 0.259 e. The lowest BCUT2D eigenvalue weighted by atomic mass is 10.0. The van der Waals surface area contributed by atoms with Crippen molar-refractivity contribution in [2.75, 3.05) is 65.7 Å². The number of hydrogen-bond donors (Lipinski definition) is 1. The third-order valence-electron chi connectivity index (χ3n) is 7.80. The Balaban J connectivity index is 1.49. The Morgan fingerprint density at radius 3 is 2.56 bits per heavy atom. The zero-order valence-corrected chi connectivity index (χ0v) is 22.9. The van der Waals surface area contributed by atoms with E-state index < -0.39 is 0 Å². The molecule has 1 aromatic heterocycles. The highest BCUT2D eigenvalue weighted by Crippen LogP contribution is 2.46. The van der Waals surface area contributed by atoms with Crippen LogP contribution in [0.3, 0.4) is 0 Å². The summed E-state index contributed by atoms with van der Waals surface area (Å²) in [7, 11) is 6.21. The van der Waals surface area contributed by atoms with Crippen molar-refractivity contribution in [3.8, 4) is 17.2 Å². The van der Waals surface area contributed by atoms with Gasteiger partial charge in [0.1, 0.15) is 11.1 Å². The number of amides is 1. The number of likely N-dealkylation sites (N-methyl/N-ethyl adjacent to an activating group) is 1. The van der Waals surface area contributed by atoms with Gasteiger partial charge in [0.05, 0.1) is 16.8 Å². The molecule has 2 aliphatic heterocycles. The number of pyridine rings is 1. The van der Waals surface area contributed by atoms with Gasteiger partial charge in [-0.2, -0.15) is 0 Å². The number of nitrogens with one attached hydrogen (secondary N) is 1. The molecule has 39 heavy (non-hydrogen) atoms. The summed E-state index contributed by atoms with van der Waals surface area (Å²) in [5.74, 6) is 1.11. The Morgan fingerprint density at radius 1 is 0.974 bits per heavy atom. The number of benzene rings is 3. The van der Waals surface area contributed by atoms with Crippen molar-refractivity contribution < 1.29 is 9.53 Å². The molecule has 8 heteroatoms. The SMILES string of the molecule is CN(C)CCCCNc1ccc2c(=O)c(C(=O)N3CCN(C)CC3)cn3c2c1Oc1ccc2ccccc2c1-3. The Morgan fingerprint density at radius 2 is 1.77 bits per heavy atom. The average Bonchev–Trinajstić information content (AvgIpc) is 2.94. The van der Waals surface area contributed by atoms with Crippen molar-refractivity contribution in [3.63, 3.8) is 0 Å². The molecule has 0 bridgehead atoms. The number of anilines is 1. The van der Waals surface area contributed by atoms with E-state index in [2.05, 4.69) is 41.3 Å². The van der Waals surface area contributed by atoms with Gasteiger partial charge in [0, 0.05) is 44.3 Å². The lowest BCUT2D eigenvalue weighted by Crippen LogP contribution is -2.48. The minimum Gasteiger partial charge on any atom is -0.451 e. The van der Waals surface area contributed by atoms with Crippen LogP contribution >= 0.6 is 0 Å². The maximum atomic E-state index is 13.8.